The van der Waals surface area contributed by atoms with Crippen molar-refractivity contribution in [1.82, 2.24) is 10.2 Å². The van der Waals surface area contributed by atoms with E-state index in [0.29, 0.717) is 0 Å². The summed E-state index contributed by atoms with van der Waals surface area (Å²) in [5, 5.41) is 3.42. The first-order valence-corrected chi connectivity index (χ1v) is 8.70. The molecule has 4 nitrogen and oxygen atoms in total. The minimum Gasteiger partial charge on any atom is -0.367 e. The maximum Gasteiger partial charge on any atom is 0.194 e. The fraction of sp³-hybridized carbons (Fsp3) is 0.350. The van der Waals surface area contributed by atoms with Gasteiger partial charge in [-0.2, -0.15) is 0 Å². The van der Waals surface area contributed by atoms with Crippen LogP contribution in [0.25, 0.3) is 0 Å². The second-order valence-corrected chi connectivity index (χ2v) is 6.60. The van der Waals surface area contributed by atoms with Crippen LogP contribution in [0.5, 0.6) is 0 Å². The lowest BCUT2D eigenvalue weighted by Gasteiger charge is -2.20. The molecule has 2 aromatic rings. The number of para-hydroxylation sites is 1. The van der Waals surface area contributed by atoms with Crippen LogP contribution < -0.4 is 10.2 Å². The zero-order valence-corrected chi connectivity index (χ0v) is 16.9. The van der Waals surface area contributed by atoms with Gasteiger partial charge in [-0.05, 0) is 29.2 Å². The Morgan fingerprint density at radius 1 is 1.00 bits per heavy atom. The number of benzene rings is 2. The average Bonchev–Trinajstić information content (AvgIpc) is 3.21. The SMILES string of the molecule is CN1CCN=C1NCc1ccc(CN2CCc3ccccc32)cc1.I. The maximum absolute atomic E-state index is 4.46. The minimum absolute atomic E-state index is 0. The highest BCUT2D eigenvalue weighted by atomic mass is 127. The molecule has 5 heteroatoms. The third-order valence-corrected chi connectivity index (χ3v) is 4.89. The number of hydrogen-bond donors (Lipinski definition) is 1. The normalized spacial score (nSPS) is 15.6. The average molecular weight is 448 g/mol. The molecule has 2 aliphatic heterocycles. The van der Waals surface area contributed by atoms with Crippen LogP contribution in [0, 0.1) is 0 Å². The fourth-order valence-corrected chi connectivity index (χ4v) is 3.46. The molecule has 0 aliphatic carbocycles. The summed E-state index contributed by atoms with van der Waals surface area (Å²) in [5.74, 6) is 1.01. The van der Waals surface area contributed by atoms with Gasteiger partial charge in [0.1, 0.15) is 0 Å². The molecule has 0 amide bonds. The maximum atomic E-state index is 4.46. The molecule has 0 saturated heterocycles. The van der Waals surface area contributed by atoms with E-state index >= 15 is 0 Å². The number of rotatable bonds is 4. The van der Waals surface area contributed by atoms with Crippen molar-refractivity contribution in [3.63, 3.8) is 0 Å². The minimum atomic E-state index is 0. The summed E-state index contributed by atoms with van der Waals surface area (Å²) in [6.07, 6.45) is 1.16. The topological polar surface area (TPSA) is 30.9 Å². The number of nitrogens with one attached hydrogen (secondary N) is 1. The van der Waals surface area contributed by atoms with E-state index in [0.717, 1.165) is 45.1 Å². The van der Waals surface area contributed by atoms with Crippen LogP contribution in [0.1, 0.15) is 16.7 Å². The van der Waals surface area contributed by atoms with Crippen molar-refractivity contribution in [2.45, 2.75) is 19.5 Å². The summed E-state index contributed by atoms with van der Waals surface area (Å²) in [4.78, 5) is 9.11. The van der Waals surface area contributed by atoms with Gasteiger partial charge in [-0.1, -0.05) is 42.5 Å². The first kappa shape index (κ1) is 18.0. The van der Waals surface area contributed by atoms with Gasteiger partial charge in [0.05, 0.1) is 6.54 Å². The number of fused-ring (bicyclic) bond motifs is 1. The highest BCUT2D eigenvalue weighted by Crippen LogP contribution is 2.28. The van der Waals surface area contributed by atoms with Crippen molar-refractivity contribution in [3.8, 4) is 0 Å². The Hall–Kier alpha value is -1.76. The Bertz CT molecular complexity index is 742. The van der Waals surface area contributed by atoms with Crippen LogP contribution in [-0.2, 0) is 19.5 Å². The predicted molar refractivity (Wildman–Crippen MR) is 115 cm³/mol. The summed E-state index contributed by atoms with van der Waals surface area (Å²) < 4.78 is 0. The second-order valence-electron chi connectivity index (χ2n) is 6.60. The molecule has 25 heavy (non-hydrogen) atoms. The largest absolute Gasteiger partial charge is 0.367 e. The number of anilines is 1. The van der Waals surface area contributed by atoms with Crippen LogP contribution in [0.3, 0.4) is 0 Å². The van der Waals surface area contributed by atoms with E-state index in [1.807, 2.05) is 0 Å². The van der Waals surface area contributed by atoms with Gasteiger partial charge in [-0.3, -0.25) is 4.99 Å². The second kappa shape index (κ2) is 8.08. The third kappa shape index (κ3) is 4.08. The number of halogens is 1. The summed E-state index contributed by atoms with van der Waals surface area (Å²) >= 11 is 0. The first-order chi connectivity index (χ1) is 11.8. The van der Waals surface area contributed by atoms with E-state index in [4.69, 9.17) is 0 Å². The van der Waals surface area contributed by atoms with Crippen molar-refractivity contribution in [3.05, 3.63) is 65.2 Å². The third-order valence-electron chi connectivity index (χ3n) is 4.89. The molecule has 0 spiro atoms. The quantitative estimate of drug-likeness (QED) is 0.729. The summed E-state index contributed by atoms with van der Waals surface area (Å²) in [6, 6.07) is 17.7. The summed E-state index contributed by atoms with van der Waals surface area (Å²) in [7, 11) is 2.08. The van der Waals surface area contributed by atoms with Crippen LogP contribution in [0.15, 0.2) is 53.5 Å². The molecule has 0 radical (unpaired) electrons. The van der Waals surface area contributed by atoms with Crippen molar-refractivity contribution in [1.29, 1.82) is 0 Å². The molecule has 2 aromatic carbocycles. The van der Waals surface area contributed by atoms with Crippen molar-refractivity contribution in [2.75, 3.05) is 31.6 Å². The molecular weight excluding hydrogens is 423 g/mol. The van der Waals surface area contributed by atoms with Crippen molar-refractivity contribution >= 4 is 35.6 Å². The fourth-order valence-electron chi connectivity index (χ4n) is 3.46. The van der Waals surface area contributed by atoms with Crippen LogP contribution in [0.4, 0.5) is 5.69 Å². The molecule has 0 fully saturated rings. The Kier molecular flexibility index (Phi) is 5.83. The predicted octanol–water partition coefficient (Wildman–Crippen LogP) is 3.26. The van der Waals surface area contributed by atoms with E-state index in [-0.39, 0.29) is 24.0 Å². The molecule has 2 heterocycles. The van der Waals surface area contributed by atoms with E-state index in [1.54, 1.807) is 0 Å². The summed E-state index contributed by atoms with van der Waals surface area (Å²) in [6.45, 7) is 4.85. The Morgan fingerprint density at radius 2 is 1.76 bits per heavy atom. The van der Waals surface area contributed by atoms with Crippen molar-refractivity contribution < 1.29 is 0 Å². The van der Waals surface area contributed by atoms with E-state index in [1.165, 1.54) is 22.4 Å². The van der Waals surface area contributed by atoms with Crippen LogP contribution >= 0.6 is 24.0 Å². The van der Waals surface area contributed by atoms with Crippen molar-refractivity contribution in [2.24, 2.45) is 4.99 Å². The van der Waals surface area contributed by atoms with E-state index < -0.39 is 0 Å². The van der Waals surface area contributed by atoms with Crippen LogP contribution in [0.2, 0.25) is 0 Å². The number of likely N-dealkylation sites (N-methyl/N-ethyl adjacent to an activating group) is 1. The van der Waals surface area contributed by atoms with E-state index in [9.17, 15) is 0 Å². The van der Waals surface area contributed by atoms with E-state index in [2.05, 4.69) is 75.7 Å². The lowest BCUT2D eigenvalue weighted by Crippen LogP contribution is -2.35. The number of guanidine groups is 1. The monoisotopic (exact) mass is 448 g/mol. The van der Waals surface area contributed by atoms with Gasteiger partial charge in [0.15, 0.2) is 5.96 Å². The Balaban J connectivity index is 0.00000182. The van der Waals surface area contributed by atoms with Gasteiger partial charge in [0.25, 0.3) is 0 Å². The molecule has 1 N–H and O–H groups in total. The lowest BCUT2D eigenvalue weighted by atomic mass is 10.1. The molecule has 132 valence electrons. The molecule has 4 rings (SSSR count). The van der Waals surface area contributed by atoms with Gasteiger partial charge in [0, 0.05) is 38.9 Å². The Labute approximate surface area is 167 Å². The Morgan fingerprint density at radius 3 is 2.52 bits per heavy atom. The first-order valence-electron chi connectivity index (χ1n) is 8.70. The highest BCUT2D eigenvalue weighted by molar-refractivity contribution is 14.0. The highest BCUT2D eigenvalue weighted by Gasteiger charge is 2.18. The molecule has 0 aromatic heterocycles. The molecule has 0 saturated carbocycles. The smallest absolute Gasteiger partial charge is 0.194 e. The molecule has 0 unspecified atom stereocenters. The zero-order chi connectivity index (χ0) is 16.4. The molecule has 0 bridgehead atoms. The molecule has 0 atom stereocenters. The number of aliphatic imine (C=N–C) groups is 1. The standard InChI is InChI=1S/C20H24N4.HI/c1-23-13-11-21-20(23)22-14-16-6-8-17(9-7-16)15-24-12-10-18-4-2-3-5-19(18)24;/h2-9H,10-15H2,1H3,(H,21,22);1H. The van der Waals surface area contributed by atoms with Crippen LogP contribution in [-0.4, -0.2) is 37.5 Å². The summed E-state index contributed by atoms with van der Waals surface area (Å²) in [5.41, 5.74) is 5.53. The number of hydrogen-bond acceptors (Lipinski definition) is 4. The molecule has 2 aliphatic rings. The lowest BCUT2D eigenvalue weighted by molar-refractivity contribution is 0.534. The van der Waals surface area contributed by atoms with Gasteiger partial charge in [0.2, 0.25) is 0 Å². The van der Waals surface area contributed by atoms with Gasteiger partial charge in [-0.25, -0.2) is 0 Å². The van der Waals surface area contributed by atoms with Gasteiger partial charge in [-0.15, -0.1) is 24.0 Å². The molecular formula is C20H25IN4. The number of nitrogens with zero attached hydrogens (tertiary/aromatic N) is 3. The van der Waals surface area contributed by atoms with Gasteiger partial charge < -0.3 is 15.1 Å². The van der Waals surface area contributed by atoms with Gasteiger partial charge >= 0.3 is 0 Å². The zero-order valence-electron chi connectivity index (χ0n) is 14.6.